The molecule has 1 atom stereocenters. The molecule has 0 heterocycles. The van der Waals surface area contributed by atoms with Crippen LogP contribution in [0.3, 0.4) is 0 Å². The summed E-state index contributed by atoms with van der Waals surface area (Å²) in [5.41, 5.74) is 6.56. The zero-order chi connectivity index (χ0) is 13.8. The minimum Gasteiger partial charge on any atom is -0.406 e. The summed E-state index contributed by atoms with van der Waals surface area (Å²) in [4.78, 5) is 0. The van der Waals surface area contributed by atoms with Crippen LogP contribution in [0, 0.1) is 0 Å². The van der Waals surface area contributed by atoms with Gasteiger partial charge in [-0.2, -0.15) is 0 Å². The molecule has 0 bridgehead atoms. The van der Waals surface area contributed by atoms with Gasteiger partial charge in [-0.25, -0.2) is 0 Å². The van der Waals surface area contributed by atoms with E-state index in [1.54, 1.807) is 6.07 Å². The van der Waals surface area contributed by atoms with Gasteiger partial charge in [0.2, 0.25) is 0 Å². The first-order chi connectivity index (χ1) is 8.31. The summed E-state index contributed by atoms with van der Waals surface area (Å²) in [6.45, 7) is 2.03. The molecule has 0 fully saturated rings. The molecule has 110 valence electrons. The van der Waals surface area contributed by atoms with Gasteiger partial charge in [-0.1, -0.05) is 35.7 Å². The molecule has 1 aromatic carbocycles. The Morgan fingerprint density at radius 1 is 1.32 bits per heavy atom. The van der Waals surface area contributed by atoms with Crippen molar-refractivity contribution in [1.29, 1.82) is 0 Å². The largest absolute Gasteiger partial charge is 0.573 e. The predicted octanol–water partition coefficient (Wildman–Crippen LogP) is 4.96. The van der Waals surface area contributed by atoms with E-state index in [-0.39, 0.29) is 24.2 Å². The number of benzene rings is 1. The number of halogens is 5. The number of unbranched alkanes of at least 4 members (excludes halogenated alkanes) is 1. The van der Waals surface area contributed by atoms with Crippen LogP contribution < -0.4 is 10.5 Å². The topological polar surface area (TPSA) is 35.2 Å². The summed E-state index contributed by atoms with van der Waals surface area (Å²) in [7, 11) is 0. The maximum atomic E-state index is 12.1. The highest BCUT2D eigenvalue weighted by Gasteiger charge is 2.31. The van der Waals surface area contributed by atoms with Crippen LogP contribution in [0.15, 0.2) is 22.7 Å². The smallest absolute Gasteiger partial charge is 0.406 e. The van der Waals surface area contributed by atoms with E-state index in [4.69, 9.17) is 5.73 Å². The number of nitrogens with two attached hydrogens (primary N) is 1. The van der Waals surface area contributed by atoms with Gasteiger partial charge in [0.1, 0.15) is 5.75 Å². The lowest BCUT2D eigenvalue weighted by atomic mass is 10.0. The maximum absolute atomic E-state index is 12.1. The number of rotatable bonds is 5. The van der Waals surface area contributed by atoms with Gasteiger partial charge in [0.05, 0.1) is 0 Å². The average Bonchev–Trinajstić information content (AvgIpc) is 2.22. The Kier molecular flexibility index (Phi) is 7.78. The van der Waals surface area contributed by atoms with Gasteiger partial charge < -0.3 is 10.5 Å². The van der Waals surface area contributed by atoms with Crippen molar-refractivity contribution >= 4 is 28.3 Å². The van der Waals surface area contributed by atoms with Crippen molar-refractivity contribution in [2.45, 2.75) is 38.6 Å². The van der Waals surface area contributed by atoms with E-state index in [0.29, 0.717) is 10.0 Å². The molecule has 0 aliphatic carbocycles. The van der Waals surface area contributed by atoms with Gasteiger partial charge in [-0.15, -0.1) is 25.6 Å². The van der Waals surface area contributed by atoms with Crippen LogP contribution in [-0.2, 0) is 0 Å². The average molecular weight is 363 g/mol. The van der Waals surface area contributed by atoms with Gasteiger partial charge in [0.15, 0.2) is 0 Å². The molecule has 2 N–H and O–H groups in total. The molecule has 2 nitrogen and oxygen atoms in total. The zero-order valence-corrected chi connectivity index (χ0v) is 12.7. The molecule has 0 aliphatic rings. The summed E-state index contributed by atoms with van der Waals surface area (Å²) in [5, 5.41) is 0. The van der Waals surface area contributed by atoms with Gasteiger partial charge in [-0.3, -0.25) is 0 Å². The Morgan fingerprint density at radius 3 is 2.47 bits per heavy atom. The van der Waals surface area contributed by atoms with Gasteiger partial charge >= 0.3 is 6.36 Å². The van der Waals surface area contributed by atoms with Crippen LogP contribution in [0.1, 0.15) is 37.8 Å². The Bertz CT molecular complexity index is 401. The van der Waals surface area contributed by atoms with Gasteiger partial charge in [0.25, 0.3) is 0 Å². The van der Waals surface area contributed by atoms with Crippen molar-refractivity contribution in [3.63, 3.8) is 0 Å². The second-order valence-corrected chi connectivity index (χ2v) is 4.93. The fraction of sp³-hybridized carbons (Fsp3) is 0.500. The Labute approximate surface area is 125 Å². The summed E-state index contributed by atoms with van der Waals surface area (Å²) in [6, 6.07) is 4.03. The fourth-order valence-corrected chi connectivity index (χ4v) is 2.07. The second kappa shape index (κ2) is 7.97. The van der Waals surface area contributed by atoms with E-state index < -0.39 is 6.36 Å². The summed E-state index contributed by atoms with van der Waals surface area (Å²) in [5.74, 6) is -0.251. The first kappa shape index (κ1) is 18.5. The third-order valence-electron chi connectivity index (χ3n) is 2.42. The van der Waals surface area contributed by atoms with E-state index in [9.17, 15) is 13.2 Å². The quantitative estimate of drug-likeness (QED) is 0.803. The molecule has 1 aromatic rings. The Balaban J connectivity index is 0.00000324. The monoisotopic (exact) mass is 361 g/mol. The van der Waals surface area contributed by atoms with Crippen LogP contribution in [-0.4, -0.2) is 6.36 Å². The van der Waals surface area contributed by atoms with Crippen LogP contribution in [0.2, 0.25) is 0 Å². The molecule has 0 saturated carbocycles. The number of hydrogen-bond acceptors (Lipinski definition) is 2. The molecular weight excluding hydrogens is 346 g/mol. The highest BCUT2D eigenvalue weighted by molar-refractivity contribution is 9.10. The van der Waals surface area contributed by atoms with E-state index >= 15 is 0 Å². The molecule has 0 unspecified atom stereocenters. The Morgan fingerprint density at radius 2 is 1.95 bits per heavy atom. The number of alkyl halides is 3. The fourth-order valence-electron chi connectivity index (χ4n) is 1.58. The number of hydrogen-bond donors (Lipinski definition) is 1. The van der Waals surface area contributed by atoms with Crippen LogP contribution in [0.5, 0.6) is 5.75 Å². The van der Waals surface area contributed by atoms with Gasteiger partial charge in [0, 0.05) is 10.5 Å². The van der Waals surface area contributed by atoms with Gasteiger partial charge in [-0.05, 0) is 30.2 Å². The summed E-state index contributed by atoms with van der Waals surface area (Å²) >= 11 is 3.15. The van der Waals surface area contributed by atoms with Crippen LogP contribution >= 0.6 is 28.3 Å². The zero-order valence-electron chi connectivity index (χ0n) is 10.3. The van der Waals surface area contributed by atoms with Crippen LogP contribution in [0.25, 0.3) is 0 Å². The van der Waals surface area contributed by atoms with Crippen molar-refractivity contribution in [2.75, 3.05) is 0 Å². The second-order valence-electron chi connectivity index (χ2n) is 4.02. The lowest BCUT2D eigenvalue weighted by Gasteiger charge is -2.15. The lowest BCUT2D eigenvalue weighted by molar-refractivity contribution is -0.274. The van der Waals surface area contributed by atoms with Crippen LogP contribution in [0.4, 0.5) is 13.2 Å². The molecule has 0 saturated heterocycles. The SMILES string of the molecule is CCCC[C@@H](N)c1cc(Br)cc(OC(F)(F)F)c1.Cl. The molecule has 0 radical (unpaired) electrons. The van der Waals surface area contributed by atoms with E-state index in [1.807, 2.05) is 6.92 Å². The molecule has 0 spiro atoms. The highest BCUT2D eigenvalue weighted by atomic mass is 79.9. The lowest BCUT2D eigenvalue weighted by Crippen LogP contribution is -2.18. The molecule has 0 aromatic heterocycles. The molecule has 0 aliphatic heterocycles. The first-order valence-electron chi connectivity index (χ1n) is 5.63. The van der Waals surface area contributed by atoms with E-state index in [2.05, 4.69) is 20.7 Å². The standard InChI is InChI=1S/C12H15BrF3NO.ClH/c1-2-3-4-11(17)8-5-9(13)7-10(6-8)18-12(14,15)16;/h5-7,11H,2-4,17H2,1H3;1H/t11-;/m1./s1. The summed E-state index contributed by atoms with van der Waals surface area (Å²) < 4.78 is 40.8. The van der Waals surface area contributed by atoms with Crippen molar-refractivity contribution < 1.29 is 17.9 Å². The minimum atomic E-state index is -4.69. The van der Waals surface area contributed by atoms with E-state index in [0.717, 1.165) is 19.3 Å². The summed E-state index contributed by atoms with van der Waals surface area (Å²) in [6.07, 6.45) is -2.03. The maximum Gasteiger partial charge on any atom is 0.573 e. The van der Waals surface area contributed by atoms with Crippen molar-refractivity contribution in [2.24, 2.45) is 5.73 Å². The van der Waals surface area contributed by atoms with Crippen molar-refractivity contribution in [3.05, 3.63) is 28.2 Å². The highest BCUT2D eigenvalue weighted by Crippen LogP contribution is 2.30. The molecular formula is C12H16BrClF3NO. The Hall–Kier alpha value is -0.460. The minimum absolute atomic E-state index is 0. The van der Waals surface area contributed by atoms with Crippen molar-refractivity contribution in [3.8, 4) is 5.75 Å². The normalized spacial score (nSPS) is 12.7. The predicted molar refractivity (Wildman–Crippen MR) is 74.5 cm³/mol. The molecule has 0 amide bonds. The molecule has 7 heteroatoms. The third kappa shape index (κ3) is 7.03. The molecule has 1 rings (SSSR count). The number of ether oxygens (including phenoxy) is 1. The molecule has 19 heavy (non-hydrogen) atoms. The van der Waals surface area contributed by atoms with Crippen molar-refractivity contribution in [1.82, 2.24) is 0 Å². The third-order valence-corrected chi connectivity index (χ3v) is 2.88. The first-order valence-corrected chi connectivity index (χ1v) is 6.43. The van der Waals surface area contributed by atoms with E-state index in [1.165, 1.54) is 12.1 Å².